The summed E-state index contributed by atoms with van der Waals surface area (Å²) in [5.41, 5.74) is -0.706. The largest absolute Gasteiger partial charge is 0.573 e. The predicted molar refractivity (Wildman–Crippen MR) is 91.9 cm³/mol. The fraction of sp³-hybridized carbons (Fsp3) is 0.235. The molecule has 0 saturated heterocycles. The Hall–Kier alpha value is -3.50. The Morgan fingerprint density at radius 1 is 1.18 bits per heavy atom. The van der Waals surface area contributed by atoms with E-state index in [4.69, 9.17) is 9.47 Å². The van der Waals surface area contributed by atoms with Crippen LogP contribution in [-0.2, 0) is 0 Å². The second-order valence-corrected chi connectivity index (χ2v) is 5.24. The zero-order valence-electron chi connectivity index (χ0n) is 14.7. The molecule has 0 radical (unpaired) electrons. The fourth-order valence-electron chi connectivity index (χ4n) is 2.25. The molecule has 2 aromatic carbocycles. The average Bonchev–Trinajstić information content (AvgIpc) is 2.61. The van der Waals surface area contributed by atoms with Crippen molar-refractivity contribution in [2.45, 2.75) is 13.3 Å². The summed E-state index contributed by atoms with van der Waals surface area (Å²) in [6, 6.07) is 6.54. The minimum absolute atomic E-state index is 0.0822. The number of carbonyl (C=O) groups excluding carboxylic acids is 1. The van der Waals surface area contributed by atoms with Gasteiger partial charge in [-0.2, -0.15) is 0 Å². The molecule has 2 aromatic rings. The number of nitrogens with zero attached hydrogens (tertiary/aromatic N) is 1. The summed E-state index contributed by atoms with van der Waals surface area (Å²) in [6.45, 7) is 1.92. The van der Waals surface area contributed by atoms with Crippen molar-refractivity contribution in [2.24, 2.45) is 0 Å². The molecule has 0 aliphatic heterocycles. The summed E-state index contributed by atoms with van der Waals surface area (Å²) in [6.07, 6.45) is -4.84. The third-order valence-corrected chi connectivity index (χ3v) is 3.37. The maximum absolute atomic E-state index is 12.5. The minimum Gasteiger partial charge on any atom is -0.493 e. The van der Waals surface area contributed by atoms with Gasteiger partial charge in [-0.25, -0.2) is 0 Å². The lowest BCUT2D eigenvalue weighted by atomic mass is 10.1. The van der Waals surface area contributed by atoms with Crippen molar-refractivity contribution in [2.75, 3.05) is 19.0 Å². The monoisotopic (exact) mass is 400 g/mol. The van der Waals surface area contributed by atoms with E-state index in [1.54, 1.807) is 6.92 Å². The molecule has 11 heteroatoms. The van der Waals surface area contributed by atoms with Crippen molar-refractivity contribution in [1.29, 1.82) is 0 Å². The quantitative estimate of drug-likeness (QED) is 0.554. The van der Waals surface area contributed by atoms with Gasteiger partial charge in [0.25, 0.3) is 11.6 Å². The maximum atomic E-state index is 12.5. The molecule has 2 rings (SSSR count). The summed E-state index contributed by atoms with van der Waals surface area (Å²) in [7, 11) is 1.30. The number of methoxy groups -OCH3 is 1. The second kappa shape index (κ2) is 8.46. The van der Waals surface area contributed by atoms with E-state index in [1.165, 1.54) is 7.11 Å². The van der Waals surface area contributed by atoms with Gasteiger partial charge < -0.3 is 19.5 Å². The molecule has 0 fully saturated rings. The van der Waals surface area contributed by atoms with Crippen LogP contribution in [0.4, 0.5) is 24.5 Å². The molecule has 0 heterocycles. The molecule has 0 aliphatic carbocycles. The van der Waals surface area contributed by atoms with E-state index in [1.807, 2.05) is 0 Å². The Morgan fingerprint density at radius 3 is 2.32 bits per heavy atom. The van der Waals surface area contributed by atoms with Gasteiger partial charge in [0, 0.05) is 11.8 Å². The van der Waals surface area contributed by atoms with Gasteiger partial charge in [-0.1, -0.05) is 0 Å². The predicted octanol–water partition coefficient (Wildman–Crippen LogP) is 4.15. The molecular weight excluding hydrogens is 385 g/mol. The van der Waals surface area contributed by atoms with E-state index in [0.29, 0.717) is 0 Å². The summed E-state index contributed by atoms with van der Waals surface area (Å²) in [5, 5.41) is 13.7. The molecule has 0 saturated carbocycles. The molecule has 0 bridgehead atoms. The smallest absolute Gasteiger partial charge is 0.493 e. The summed E-state index contributed by atoms with van der Waals surface area (Å²) in [5.74, 6) is -1.10. The molecule has 150 valence electrons. The Balaban J connectivity index is 2.30. The molecule has 0 unspecified atom stereocenters. The Labute approximate surface area is 157 Å². The SMILES string of the molecule is CCOc1cc(C(=O)Nc2ccc(OC(F)(F)F)cc2)c([N+](=O)[O-])cc1OC. The van der Waals surface area contributed by atoms with E-state index in [9.17, 15) is 28.1 Å². The Bertz CT molecular complexity index is 868. The van der Waals surface area contributed by atoms with E-state index < -0.39 is 28.6 Å². The van der Waals surface area contributed by atoms with Gasteiger partial charge in [0.05, 0.1) is 24.7 Å². The van der Waals surface area contributed by atoms with Crippen LogP contribution in [0.5, 0.6) is 17.2 Å². The third-order valence-electron chi connectivity index (χ3n) is 3.37. The number of nitrogens with one attached hydrogen (secondary N) is 1. The first-order valence-corrected chi connectivity index (χ1v) is 7.81. The van der Waals surface area contributed by atoms with Gasteiger partial charge in [-0.05, 0) is 31.2 Å². The number of ether oxygens (including phenoxy) is 3. The van der Waals surface area contributed by atoms with Crippen LogP contribution in [-0.4, -0.2) is 30.9 Å². The van der Waals surface area contributed by atoms with Crippen LogP contribution in [0.1, 0.15) is 17.3 Å². The summed E-state index contributed by atoms with van der Waals surface area (Å²) >= 11 is 0. The van der Waals surface area contributed by atoms with Crippen LogP contribution in [0, 0.1) is 10.1 Å². The van der Waals surface area contributed by atoms with Gasteiger partial charge in [0.2, 0.25) is 0 Å². The van der Waals surface area contributed by atoms with Crippen molar-refractivity contribution in [3.8, 4) is 17.2 Å². The number of benzene rings is 2. The van der Waals surface area contributed by atoms with E-state index in [-0.39, 0.29) is 29.4 Å². The van der Waals surface area contributed by atoms with E-state index in [0.717, 1.165) is 36.4 Å². The summed E-state index contributed by atoms with van der Waals surface area (Å²) < 4.78 is 50.6. The second-order valence-electron chi connectivity index (χ2n) is 5.24. The minimum atomic E-state index is -4.84. The lowest BCUT2D eigenvalue weighted by molar-refractivity contribution is -0.385. The van der Waals surface area contributed by atoms with Crippen LogP contribution >= 0.6 is 0 Å². The summed E-state index contributed by atoms with van der Waals surface area (Å²) in [4.78, 5) is 23.0. The molecule has 28 heavy (non-hydrogen) atoms. The van der Waals surface area contributed by atoms with Gasteiger partial charge in [-0.15, -0.1) is 13.2 Å². The van der Waals surface area contributed by atoms with E-state index in [2.05, 4.69) is 10.1 Å². The number of nitro benzene ring substituents is 1. The van der Waals surface area contributed by atoms with Crippen LogP contribution in [0.2, 0.25) is 0 Å². The fourth-order valence-corrected chi connectivity index (χ4v) is 2.25. The molecule has 0 aromatic heterocycles. The highest BCUT2D eigenvalue weighted by Gasteiger charge is 2.31. The number of amides is 1. The number of halogens is 3. The molecular formula is C17H15F3N2O6. The standard InChI is InChI=1S/C17H15F3N2O6/c1-3-27-15-8-12(13(22(24)25)9-14(15)26-2)16(23)21-10-4-6-11(7-5-10)28-17(18,19)20/h4-9H,3H2,1-2H3,(H,21,23). The highest BCUT2D eigenvalue weighted by atomic mass is 19.4. The van der Waals surface area contributed by atoms with Crippen molar-refractivity contribution in [3.05, 3.63) is 52.1 Å². The molecule has 0 aliphatic rings. The van der Waals surface area contributed by atoms with Crippen molar-refractivity contribution < 1.29 is 37.1 Å². The topological polar surface area (TPSA) is 99.9 Å². The van der Waals surface area contributed by atoms with Gasteiger partial charge >= 0.3 is 6.36 Å². The van der Waals surface area contributed by atoms with Gasteiger partial charge in [0.15, 0.2) is 11.5 Å². The number of anilines is 1. The molecule has 1 N–H and O–H groups in total. The number of nitro groups is 1. The number of alkyl halides is 3. The van der Waals surface area contributed by atoms with Crippen molar-refractivity contribution >= 4 is 17.3 Å². The van der Waals surface area contributed by atoms with Gasteiger partial charge in [-0.3, -0.25) is 14.9 Å². The average molecular weight is 400 g/mol. The Morgan fingerprint density at radius 2 is 1.82 bits per heavy atom. The third kappa shape index (κ3) is 5.25. The molecule has 0 spiro atoms. The number of carbonyl (C=O) groups is 1. The molecule has 1 amide bonds. The Kier molecular flexibility index (Phi) is 6.29. The van der Waals surface area contributed by atoms with Crippen molar-refractivity contribution in [3.63, 3.8) is 0 Å². The maximum Gasteiger partial charge on any atom is 0.573 e. The highest BCUT2D eigenvalue weighted by molar-refractivity contribution is 6.07. The molecule has 0 atom stereocenters. The lowest BCUT2D eigenvalue weighted by Gasteiger charge is -2.12. The number of hydrogen-bond acceptors (Lipinski definition) is 6. The lowest BCUT2D eigenvalue weighted by Crippen LogP contribution is -2.17. The van der Waals surface area contributed by atoms with E-state index >= 15 is 0 Å². The first-order chi connectivity index (χ1) is 13.1. The highest BCUT2D eigenvalue weighted by Crippen LogP contribution is 2.35. The zero-order valence-corrected chi connectivity index (χ0v) is 14.7. The van der Waals surface area contributed by atoms with Crippen LogP contribution < -0.4 is 19.5 Å². The van der Waals surface area contributed by atoms with Crippen LogP contribution in [0.3, 0.4) is 0 Å². The number of hydrogen-bond donors (Lipinski definition) is 1. The van der Waals surface area contributed by atoms with Gasteiger partial charge in [0.1, 0.15) is 11.3 Å². The number of rotatable bonds is 7. The first-order valence-electron chi connectivity index (χ1n) is 7.81. The normalized spacial score (nSPS) is 10.9. The van der Waals surface area contributed by atoms with Crippen LogP contribution in [0.15, 0.2) is 36.4 Å². The van der Waals surface area contributed by atoms with Crippen molar-refractivity contribution in [1.82, 2.24) is 0 Å². The first kappa shape index (κ1) is 20.8. The zero-order chi connectivity index (χ0) is 20.9. The van der Waals surface area contributed by atoms with Crippen LogP contribution in [0.25, 0.3) is 0 Å². The molecule has 8 nitrogen and oxygen atoms in total.